The largest absolute Gasteiger partial charge is 0.346 e. The maximum atomic E-state index is 12.2. The molecule has 0 aliphatic heterocycles. The molecule has 0 saturated heterocycles. The predicted octanol–water partition coefficient (Wildman–Crippen LogP) is 4.28. The van der Waals surface area contributed by atoms with Crippen molar-refractivity contribution >= 4 is 17.2 Å². The molecule has 0 unspecified atom stereocenters. The highest BCUT2D eigenvalue weighted by atomic mass is 32.1. The number of hydrogen-bond donors (Lipinski definition) is 1. The molecule has 0 spiro atoms. The van der Waals surface area contributed by atoms with Crippen molar-refractivity contribution in [3.8, 4) is 0 Å². The molecule has 1 aliphatic carbocycles. The van der Waals surface area contributed by atoms with Gasteiger partial charge in [0, 0.05) is 10.4 Å². The minimum atomic E-state index is 0.0665. The van der Waals surface area contributed by atoms with Gasteiger partial charge in [-0.2, -0.15) is 0 Å². The second-order valence-corrected chi connectivity index (χ2v) is 7.34. The minimum Gasteiger partial charge on any atom is -0.346 e. The van der Waals surface area contributed by atoms with Crippen LogP contribution in [0.1, 0.15) is 79.4 Å². The summed E-state index contributed by atoms with van der Waals surface area (Å²) in [6.07, 6.45) is 2.22. The molecule has 2 nitrogen and oxygen atoms in total. The Morgan fingerprint density at radius 1 is 1.28 bits per heavy atom. The number of rotatable bonds is 4. The molecular formula is C15H23NOS. The molecule has 1 saturated carbocycles. The molecule has 1 N–H and O–H groups in total. The predicted molar refractivity (Wildman–Crippen MR) is 77.6 cm³/mol. The highest BCUT2D eigenvalue weighted by molar-refractivity contribution is 7.14. The van der Waals surface area contributed by atoms with Gasteiger partial charge in [-0.25, -0.2) is 0 Å². The van der Waals surface area contributed by atoms with Crippen LogP contribution in [-0.2, 0) is 0 Å². The van der Waals surface area contributed by atoms with Crippen LogP contribution in [-0.4, -0.2) is 11.4 Å². The number of carbonyl (C=O) groups excluding carboxylic acids is 1. The van der Waals surface area contributed by atoms with Crippen LogP contribution in [0.2, 0.25) is 0 Å². The first kappa shape index (κ1) is 13.6. The quantitative estimate of drug-likeness (QED) is 0.865. The van der Waals surface area contributed by atoms with Gasteiger partial charge in [-0.15, -0.1) is 11.3 Å². The van der Waals surface area contributed by atoms with E-state index in [1.54, 1.807) is 11.3 Å². The Hall–Kier alpha value is -0.830. The van der Waals surface area contributed by atoms with Gasteiger partial charge in [0.1, 0.15) is 0 Å². The molecule has 0 radical (unpaired) electrons. The first-order chi connectivity index (χ1) is 8.32. The Bertz CT molecular complexity index is 430. The second kappa shape index (κ2) is 4.69. The van der Waals surface area contributed by atoms with Crippen LogP contribution in [0.25, 0.3) is 0 Å². The lowest BCUT2D eigenvalue weighted by Gasteiger charge is -2.09. The second-order valence-electron chi connectivity index (χ2n) is 6.25. The first-order valence-corrected chi connectivity index (χ1v) is 7.60. The van der Waals surface area contributed by atoms with Crippen molar-refractivity contribution in [3.05, 3.63) is 21.4 Å². The smallest absolute Gasteiger partial charge is 0.261 e. The lowest BCUT2D eigenvalue weighted by atomic mass is 9.99. The van der Waals surface area contributed by atoms with E-state index in [9.17, 15) is 4.79 Å². The summed E-state index contributed by atoms with van der Waals surface area (Å²) in [7, 11) is 0. The molecule has 0 atom stereocenters. The van der Waals surface area contributed by atoms with Gasteiger partial charge in [0.15, 0.2) is 0 Å². The summed E-state index contributed by atoms with van der Waals surface area (Å²) in [5, 5.41) is 3.14. The van der Waals surface area contributed by atoms with Crippen LogP contribution in [0.5, 0.6) is 0 Å². The van der Waals surface area contributed by atoms with E-state index in [1.807, 2.05) is 0 Å². The van der Waals surface area contributed by atoms with Crippen LogP contribution < -0.4 is 5.32 Å². The molecule has 0 aromatic carbocycles. The van der Waals surface area contributed by atoms with E-state index in [-0.39, 0.29) is 11.4 Å². The molecular weight excluding hydrogens is 242 g/mol. The zero-order valence-electron chi connectivity index (χ0n) is 12.0. The first-order valence-electron chi connectivity index (χ1n) is 6.78. The highest BCUT2D eigenvalue weighted by Gasteiger charge is 2.39. The normalized spacial score (nSPS) is 17.3. The van der Waals surface area contributed by atoms with Crippen LogP contribution in [0, 0.1) is 0 Å². The number of amides is 1. The van der Waals surface area contributed by atoms with E-state index in [0.29, 0.717) is 11.8 Å². The number of nitrogens with one attached hydrogen (secondary N) is 1. The van der Waals surface area contributed by atoms with E-state index in [1.165, 1.54) is 10.4 Å². The number of carbonyl (C=O) groups is 1. The van der Waals surface area contributed by atoms with Gasteiger partial charge in [-0.05, 0) is 43.2 Å². The fourth-order valence-corrected chi connectivity index (χ4v) is 3.30. The van der Waals surface area contributed by atoms with Crippen molar-refractivity contribution < 1.29 is 4.79 Å². The average molecular weight is 265 g/mol. The fraction of sp³-hybridized carbons (Fsp3) is 0.667. The number of hydrogen-bond acceptors (Lipinski definition) is 2. The Morgan fingerprint density at radius 2 is 1.89 bits per heavy atom. The van der Waals surface area contributed by atoms with Gasteiger partial charge in [-0.3, -0.25) is 4.79 Å². The molecule has 1 aromatic heterocycles. The van der Waals surface area contributed by atoms with Gasteiger partial charge < -0.3 is 5.32 Å². The monoisotopic (exact) mass is 265 g/mol. The maximum absolute atomic E-state index is 12.2. The summed E-state index contributed by atoms with van der Waals surface area (Å²) in [4.78, 5) is 14.4. The minimum absolute atomic E-state index is 0.0665. The topological polar surface area (TPSA) is 29.1 Å². The van der Waals surface area contributed by atoms with Crippen LogP contribution in [0.4, 0.5) is 0 Å². The molecule has 1 aliphatic rings. The molecule has 100 valence electrons. The van der Waals surface area contributed by atoms with Crippen molar-refractivity contribution in [2.24, 2.45) is 0 Å². The van der Waals surface area contributed by atoms with Crippen molar-refractivity contribution in [1.82, 2.24) is 5.32 Å². The summed E-state index contributed by atoms with van der Waals surface area (Å²) in [5.41, 5.74) is 1.40. The third-order valence-corrected chi connectivity index (χ3v) is 5.03. The summed E-state index contributed by atoms with van der Waals surface area (Å²) in [5.74, 6) is 1.08. The molecule has 1 amide bonds. The summed E-state index contributed by atoms with van der Waals surface area (Å²) >= 11 is 1.66. The van der Waals surface area contributed by atoms with Gasteiger partial charge in [-0.1, -0.05) is 27.7 Å². The molecule has 18 heavy (non-hydrogen) atoms. The standard InChI is InChI=1S/C15H23NOS/c1-9(2)11-8-12(18-13(11)10(3)4)14(17)16-15(5)6-7-15/h8-10H,6-7H2,1-5H3,(H,16,17). The van der Waals surface area contributed by atoms with E-state index in [4.69, 9.17) is 0 Å². The SMILES string of the molecule is CC(C)c1cc(C(=O)NC2(C)CC2)sc1C(C)C. The molecule has 2 rings (SSSR count). The lowest BCUT2D eigenvalue weighted by molar-refractivity contribution is 0.0939. The van der Waals surface area contributed by atoms with E-state index in [2.05, 4.69) is 46.0 Å². The van der Waals surface area contributed by atoms with Crippen LogP contribution in [0.3, 0.4) is 0 Å². The fourth-order valence-electron chi connectivity index (χ4n) is 2.08. The highest BCUT2D eigenvalue weighted by Crippen LogP contribution is 2.37. The summed E-state index contributed by atoms with van der Waals surface area (Å²) in [6.45, 7) is 10.9. The molecule has 3 heteroatoms. The Labute approximate surface area is 114 Å². The van der Waals surface area contributed by atoms with Crippen molar-refractivity contribution in [2.45, 2.75) is 64.8 Å². The maximum Gasteiger partial charge on any atom is 0.261 e. The van der Waals surface area contributed by atoms with E-state index < -0.39 is 0 Å². The van der Waals surface area contributed by atoms with E-state index in [0.717, 1.165) is 17.7 Å². The van der Waals surface area contributed by atoms with Gasteiger partial charge in [0.05, 0.1) is 4.88 Å². The zero-order valence-corrected chi connectivity index (χ0v) is 12.8. The Kier molecular flexibility index (Phi) is 3.54. The number of thiophene rings is 1. The third kappa shape index (κ3) is 2.77. The van der Waals surface area contributed by atoms with Crippen LogP contribution >= 0.6 is 11.3 Å². The van der Waals surface area contributed by atoms with Crippen molar-refractivity contribution in [2.75, 3.05) is 0 Å². The van der Waals surface area contributed by atoms with Crippen molar-refractivity contribution in [1.29, 1.82) is 0 Å². The molecule has 0 bridgehead atoms. The zero-order chi connectivity index (χ0) is 13.5. The lowest BCUT2D eigenvalue weighted by Crippen LogP contribution is -2.33. The van der Waals surface area contributed by atoms with Crippen molar-refractivity contribution in [3.63, 3.8) is 0 Å². The summed E-state index contributed by atoms with van der Waals surface area (Å²) in [6, 6.07) is 2.09. The van der Waals surface area contributed by atoms with E-state index >= 15 is 0 Å². The molecule has 1 heterocycles. The Morgan fingerprint density at radius 3 is 2.28 bits per heavy atom. The van der Waals surface area contributed by atoms with Crippen LogP contribution in [0.15, 0.2) is 6.07 Å². The molecule has 1 aromatic rings. The third-order valence-electron chi connectivity index (χ3n) is 3.58. The average Bonchev–Trinajstić information content (AvgIpc) is 2.82. The van der Waals surface area contributed by atoms with Gasteiger partial charge >= 0.3 is 0 Å². The molecule has 1 fully saturated rings. The van der Waals surface area contributed by atoms with Gasteiger partial charge in [0.2, 0.25) is 0 Å². The Balaban J connectivity index is 2.23. The van der Waals surface area contributed by atoms with Gasteiger partial charge in [0.25, 0.3) is 5.91 Å². The summed E-state index contributed by atoms with van der Waals surface area (Å²) < 4.78 is 0.